The predicted molar refractivity (Wildman–Crippen MR) is 67.1 cm³/mol. The second-order valence-electron chi connectivity index (χ2n) is 4.26. The van der Waals surface area contributed by atoms with E-state index >= 15 is 0 Å². The summed E-state index contributed by atoms with van der Waals surface area (Å²) in [6, 6.07) is 0. The molecule has 4 nitrogen and oxygen atoms in total. The van der Waals surface area contributed by atoms with Crippen LogP contribution in [0.1, 0.15) is 11.1 Å². The molecule has 0 aliphatic carbocycles. The quantitative estimate of drug-likeness (QED) is 0.792. The van der Waals surface area contributed by atoms with E-state index in [1.54, 1.807) is 0 Å². The fourth-order valence-corrected chi connectivity index (χ4v) is 1.89. The third-order valence-corrected chi connectivity index (χ3v) is 3.08. The summed E-state index contributed by atoms with van der Waals surface area (Å²) in [7, 11) is 2.48. The summed E-state index contributed by atoms with van der Waals surface area (Å²) in [5.41, 5.74) is 0.0672. The molecule has 2 N–H and O–H groups in total. The van der Waals surface area contributed by atoms with Gasteiger partial charge in [-0.25, -0.2) is 13.2 Å². The molecule has 7 heteroatoms. The molecule has 0 saturated heterocycles. The molecule has 1 rings (SSSR count). The number of ether oxygens (including phenoxy) is 2. The third kappa shape index (κ3) is 2.86. The van der Waals surface area contributed by atoms with Crippen molar-refractivity contribution in [3.05, 3.63) is 11.1 Å². The van der Waals surface area contributed by atoms with E-state index in [0.717, 1.165) is 0 Å². The van der Waals surface area contributed by atoms with Crippen molar-refractivity contribution < 1.29 is 32.9 Å². The maximum Gasteiger partial charge on any atom is 0.207 e. The second-order valence-corrected chi connectivity index (χ2v) is 4.26. The first-order chi connectivity index (χ1) is 9.38. The molecule has 0 aromatic heterocycles. The summed E-state index contributed by atoms with van der Waals surface area (Å²) in [5.74, 6) is -1.11. The Balaban J connectivity index is 3.30. The van der Waals surface area contributed by atoms with Gasteiger partial charge in [0.2, 0.25) is 11.5 Å². The number of aromatic hydroxyl groups is 2. The highest BCUT2D eigenvalue weighted by Gasteiger charge is 2.28. The molecule has 0 heterocycles. The van der Waals surface area contributed by atoms with E-state index in [1.165, 1.54) is 21.1 Å². The molecule has 0 aliphatic rings. The van der Waals surface area contributed by atoms with Gasteiger partial charge in [0.15, 0.2) is 17.7 Å². The van der Waals surface area contributed by atoms with Crippen LogP contribution in [0.5, 0.6) is 23.0 Å². The number of hydrogen-bond acceptors (Lipinski definition) is 4. The summed E-state index contributed by atoms with van der Waals surface area (Å²) in [5, 5.41) is 19.9. The highest BCUT2D eigenvalue weighted by molar-refractivity contribution is 5.65. The average molecular weight is 294 g/mol. The Labute approximate surface area is 114 Å². The molecular weight excluding hydrogens is 277 g/mol. The minimum Gasteiger partial charge on any atom is -0.504 e. The minimum atomic E-state index is -2.29. The Kier molecular flexibility index (Phi) is 5.35. The van der Waals surface area contributed by atoms with Crippen LogP contribution in [0.4, 0.5) is 13.2 Å². The maximum atomic E-state index is 13.5. The first-order valence-corrected chi connectivity index (χ1v) is 5.88. The van der Waals surface area contributed by atoms with Crippen molar-refractivity contribution in [3.63, 3.8) is 0 Å². The number of halogens is 3. The van der Waals surface area contributed by atoms with Gasteiger partial charge in [-0.15, -0.1) is 0 Å². The van der Waals surface area contributed by atoms with Crippen molar-refractivity contribution in [1.29, 1.82) is 0 Å². The van der Waals surface area contributed by atoms with Crippen LogP contribution in [0.25, 0.3) is 0 Å². The molecule has 0 spiro atoms. The van der Waals surface area contributed by atoms with E-state index in [9.17, 15) is 23.4 Å². The molecule has 1 aromatic carbocycles. The second kappa shape index (κ2) is 6.58. The van der Waals surface area contributed by atoms with Gasteiger partial charge in [-0.3, -0.25) is 0 Å². The molecular formula is C13H17F3O4. The van der Waals surface area contributed by atoms with Crippen LogP contribution in [-0.4, -0.2) is 43.5 Å². The highest BCUT2D eigenvalue weighted by Crippen LogP contribution is 2.48. The van der Waals surface area contributed by atoms with Gasteiger partial charge in [-0.2, -0.15) is 0 Å². The fraction of sp³-hybridized carbons (Fsp3) is 0.538. The van der Waals surface area contributed by atoms with Crippen molar-refractivity contribution in [2.75, 3.05) is 20.9 Å². The number of methoxy groups -OCH3 is 2. The lowest BCUT2D eigenvalue weighted by molar-refractivity contribution is 0.136. The molecule has 0 aliphatic heterocycles. The summed E-state index contributed by atoms with van der Waals surface area (Å²) in [6.45, 7) is -0.0536. The Bertz CT molecular complexity index is 479. The Morgan fingerprint density at radius 3 is 1.95 bits per heavy atom. The van der Waals surface area contributed by atoms with Crippen LogP contribution >= 0.6 is 0 Å². The first kappa shape index (κ1) is 16.3. The van der Waals surface area contributed by atoms with Gasteiger partial charge >= 0.3 is 0 Å². The lowest BCUT2D eigenvalue weighted by atomic mass is 9.98. The lowest BCUT2D eigenvalue weighted by Crippen LogP contribution is -2.22. The van der Waals surface area contributed by atoms with Crippen LogP contribution in [0.2, 0.25) is 0 Å². The molecule has 0 radical (unpaired) electrons. The van der Waals surface area contributed by atoms with Crippen molar-refractivity contribution in [3.8, 4) is 23.0 Å². The van der Waals surface area contributed by atoms with Crippen LogP contribution < -0.4 is 9.47 Å². The Morgan fingerprint density at radius 2 is 1.50 bits per heavy atom. The topological polar surface area (TPSA) is 58.9 Å². The molecule has 1 aromatic rings. The van der Waals surface area contributed by atoms with Crippen LogP contribution in [0, 0.1) is 6.92 Å². The van der Waals surface area contributed by atoms with Crippen molar-refractivity contribution in [2.24, 2.45) is 0 Å². The number of hydrogen-bond donors (Lipinski definition) is 2. The third-order valence-electron chi connectivity index (χ3n) is 3.08. The van der Waals surface area contributed by atoms with E-state index in [2.05, 4.69) is 0 Å². The van der Waals surface area contributed by atoms with E-state index in [0.29, 0.717) is 0 Å². The molecule has 114 valence electrons. The van der Waals surface area contributed by atoms with E-state index < -0.39 is 31.2 Å². The summed E-state index contributed by atoms with van der Waals surface area (Å²) >= 11 is 0. The van der Waals surface area contributed by atoms with Gasteiger partial charge in [-0.05, 0) is 6.92 Å². The monoisotopic (exact) mass is 294 g/mol. The van der Waals surface area contributed by atoms with Gasteiger partial charge in [0.25, 0.3) is 0 Å². The number of benzene rings is 1. The zero-order valence-corrected chi connectivity index (χ0v) is 11.4. The molecule has 20 heavy (non-hydrogen) atoms. The number of phenols is 2. The maximum absolute atomic E-state index is 13.5. The van der Waals surface area contributed by atoms with E-state index in [1.807, 2.05) is 0 Å². The van der Waals surface area contributed by atoms with Crippen LogP contribution in [0.3, 0.4) is 0 Å². The predicted octanol–water partition coefficient (Wildman–Crippen LogP) is 2.61. The number of phenolic OH excluding ortho intramolecular Hbond substituents is 2. The van der Waals surface area contributed by atoms with Crippen molar-refractivity contribution >= 4 is 0 Å². The molecule has 0 bridgehead atoms. The zero-order valence-electron chi connectivity index (χ0n) is 11.4. The highest BCUT2D eigenvalue weighted by atomic mass is 19.2. The van der Waals surface area contributed by atoms with Gasteiger partial charge in [0.1, 0.15) is 12.8 Å². The van der Waals surface area contributed by atoms with Crippen LogP contribution in [-0.2, 0) is 6.42 Å². The summed E-state index contributed by atoms with van der Waals surface area (Å²) in [4.78, 5) is 0. The molecule has 2 unspecified atom stereocenters. The molecule has 0 amide bonds. The minimum absolute atomic E-state index is 0.0521. The Hall–Kier alpha value is -1.79. The normalized spacial score (nSPS) is 13.9. The van der Waals surface area contributed by atoms with Crippen molar-refractivity contribution in [1.82, 2.24) is 0 Å². The smallest absolute Gasteiger partial charge is 0.207 e. The van der Waals surface area contributed by atoms with Gasteiger partial charge in [0.05, 0.1) is 14.2 Å². The zero-order chi connectivity index (χ0) is 15.4. The molecule has 0 fully saturated rings. The molecule has 0 saturated carbocycles. The van der Waals surface area contributed by atoms with Gasteiger partial charge in [-0.1, -0.05) is 0 Å². The van der Waals surface area contributed by atoms with Gasteiger partial charge in [0, 0.05) is 17.5 Å². The summed E-state index contributed by atoms with van der Waals surface area (Å²) < 4.78 is 48.4. The number of rotatable bonds is 6. The molecule has 2 atom stereocenters. The van der Waals surface area contributed by atoms with E-state index in [4.69, 9.17) is 9.47 Å². The SMILES string of the molecule is COc1c(O)c(C)c(CC(F)C(F)CF)c(O)c1OC. The number of alkyl halides is 3. The average Bonchev–Trinajstić information content (AvgIpc) is 2.45. The largest absolute Gasteiger partial charge is 0.504 e. The fourth-order valence-electron chi connectivity index (χ4n) is 1.89. The standard InChI is InChI=1S/C13H17F3O4/c1-6-7(4-8(15)9(16)5-14)11(18)13(20-3)12(19-2)10(6)17/h8-9,17-18H,4-5H2,1-3H3. The van der Waals surface area contributed by atoms with Gasteiger partial charge < -0.3 is 19.7 Å². The Morgan fingerprint density at radius 1 is 1.00 bits per heavy atom. The van der Waals surface area contributed by atoms with Crippen molar-refractivity contribution in [2.45, 2.75) is 25.7 Å². The lowest BCUT2D eigenvalue weighted by Gasteiger charge is -2.19. The van der Waals surface area contributed by atoms with Crippen LogP contribution in [0.15, 0.2) is 0 Å². The first-order valence-electron chi connectivity index (χ1n) is 5.88. The van der Waals surface area contributed by atoms with E-state index in [-0.39, 0.29) is 28.4 Å². The summed E-state index contributed by atoms with van der Waals surface area (Å²) in [6.07, 6.45) is -5.01.